The fraction of sp³-hybridized carbons (Fsp3) is 0.333. The Balaban J connectivity index is 1.80. The van der Waals surface area contributed by atoms with Crippen molar-refractivity contribution in [1.82, 2.24) is 0 Å². The highest BCUT2D eigenvalue weighted by Crippen LogP contribution is 2.32. The second-order valence-electron chi connectivity index (χ2n) is 6.54. The molecular weight excluding hydrogens is 348 g/mol. The van der Waals surface area contributed by atoms with Crippen LogP contribution in [0.15, 0.2) is 42.5 Å². The van der Waals surface area contributed by atoms with Crippen molar-refractivity contribution < 1.29 is 9.59 Å². The van der Waals surface area contributed by atoms with Gasteiger partial charge in [0, 0.05) is 29.4 Å². The highest BCUT2D eigenvalue weighted by molar-refractivity contribution is 6.30. The molecule has 1 saturated heterocycles. The maximum atomic E-state index is 12.7. The number of halogens is 1. The summed E-state index contributed by atoms with van der Waals surface area (Å²) in [6, 6.07) is 13.2. The third kappa shape index (κ3) is 3.75. The van der Waals surface area contributed by atoms with Crippen LogP contribution in [0.5, 0.6) is 0 Å². The van der Waals surface area contributed by atoms with Gasteiger partial charge in [-0.15, -0.1) is 0 Å². The number of amides is 2. The molecule has 1 aliphatic rings. The van der Waals surface area contributed by atoms with E-state index in [1.807, 2.05) is 6.07 Å². The summed E-state index contributed by atoms with van der Waals surface area (Å²) < 4.78 is 0. The van der Waals surface area contributed by atoms with Crippen LogP contribution in [0.4, 0.5) is 11.4 Å². The predicted octanol–water partition coefficient (Wildman–Crippen LogP) is 4.46. The monoisotopic (exact) mass is 370 g/mol. The van der Waals surface area contributed by atoms with Crippen molar-refractivity contribution in [3.63, 3.8) is 0 Å². The lowest BCUT2D eigenvalue weighted by Crippen LogP contribution is -2.29. The number of nitrogens with zero attached hydrogens (tertiary/aromatic N) is 1. The van der Waals surface area contributed by atoms with Gasteiger partial charge in [-0.05, 0) is 42.2 Å². The van der Waals surface area contributed by atoms with E-state index < -0.39 is 0 Å². The smallest absolute Gasteiger partial charge is 0.229 e. The number of aryl methyl sites for hydroxylation is 2. The predicted molar refractivity (Wildman–Crippen MR) is 106 cm³/mol. The summed E-state index contributed by atoms with van der Waals surface area (Å²) in [7, 11) is 0. The van der Waals surface area contributed by atoms with Crippen LogP contribution >= 0.6 is 11.6 Å². The Labute approximate surface area is 159 Å². The second-order valence-corrected chi connectivity index (χ2v) is 6.97. The summed E-state index contributed by atoms with van der Waals surface area (Å²) in [6.45, 7) is 4.58. The molecule has 0 aromatic heterocycles. The van der Waals surface area contributed by atoms with Gasteiger partial charge in [-0.3, -0.25) is 9.59 Å². The lowest BCUT2D eigenvalue weighted by atomic mass is 10.0. The highest BCUT2D eigenvalue weighted by Gasteiger charge is 2.36. The first-order chi connectivity index (χ1) is 12.5. The number of anilines is 2. The van der Waals surface area contributed by atoms with Crippen molar-refractivity contribution >= 4 is 34.8 Å². The van der Waals surface area contributed by atoms with Crippen LogP contribution in [0, 0.1) is 5.92 Å². The van der Waals surface area contributed by atoms with Crippen LogP contribution in [0.2, 0.25) is 5.02 Å². The Morgan fingerprint density at radius 3 is 2.42 bits per heavy atom. The fourth-order valence-electron chi connectivity index (χ4n) is 3.47. The molecule has 136 valence electrons. The zero-order chi connectivity index (χ0) is 18.7. The molecule has 5 heteroatoms. The van der Waals surface area contributed by atoms with Gasteiger partial charge in [-0.25, -0.2) is 0 Å². The van der Waals surface area contributed by atoms with Crippen molar-refractivity contribution in [2.45, 2.75) is 33.1 Å². The van der Waals surface area contributed by atoms with E-state index in [2.05, 4.69) is 31.3 Å². The molecular formula is C21H23ClN2O2. The molecule has 1 N–H and O–H groups in total. The number of rotatable bonds is 5. The molecule has 0 saturated carbocycles. The molecule has 0 spiro atoms. The highest BCUT2D eigenvalue weighted by atomic mass is 35.5. The molecule has 0 bridgehead atoms. The first kappa shape index (κ1) is 18.5. The molecule has 0 radical (unpaired) electrons. The SMILES string of the molecule is CCc1cccc(CC)c1N1C[C@@H](C(=O)Nc2cccc(Cl)c2)CC1=O. The van der Waals surface area contributed by atoms with Crippen molar-refractivity contribution in [3.8, 4) is 0 Å². The maximum absolute atomic E-state index is 12.7. The van der Waals surface area contributed by atoms with Crippen LogP contribution in [0.1, 0.15) is 31.4 Å². The standard InChI is InChI=1S/C21H23ClN2O2/c1-3-14-7-5-8-15(4-2)20(14)24-13-16(11-19(24)25)21(26)23-18-10-6-9-17(22)12-18/h5-10,12,16H,3-4,11,13H2,1-2H3,(H,23,26)/t16-/m0/s1. The van der Waals surface area contributed by atoms with Crippen LogP contribution in [0.3, 0.4) is 0 Å². The molecule has 4 nitrogen and oxygen atoms in total. The third-order valence-electron chi connectivity index (χ3n) is 4.82. The van der Waals surface area contributed by atoms with E-state index in [4.69, 9.17) is 11.6 Å². The van der Waals surface area contributed by atoms with Gasteiger partial charge in [-0.2, -0.15) is 0 Å². The van der Waals surface area contributed by atoms with Crippen molar-refractivity contribution in [1.29, 1.82) is 0 Å². The minimum atomic E-state index is -0.365. The zero-order valence-corrected chi connectivity index (χ0v) is 15.8. The molecule has 2 amide bonds. The van der Waals surface area contributed by atoms with Crippen molar-refractivity contribution in [3.05, 3.63) is 58.6 Å². The fourth-order valence-corrected chi connectivity index (χ4v) is 3.66. The number of nitrogens with one attached hydrogen (secondary N) is 1. The molecule has 3 rings (SSSR count). The van der Waals surface area contributed by atoms with Gasteiger partial charge in [0.15, 0.2) is 0 Å². The van der Waals surface area contributed by atoms with Crippen LogP contribution in [-0.4, -0.2) is 18.4 Å². The van der Waals surface area contributed by atoms with Gasteiger partial charge < -0.3 is 10.2 Å². The van der Waals surface area contributed by atoms with Gasteiger partial charge in [0.2, 0.25) is 11.8 Å². The van der Waals surface area contributed by atoms with E-state index in [0.29, 0.717) is 17.3 Å². The number of hydrogen-bond donors (Lipinski definition) is 1. The van der Waals surface area contributed by atoms with Crippen LogP contribution in [-0.2, 0) is 22.4 Å². The lowest BCUT2D eigenvalue weighted by Gasteiger charge is -2.23. The number of carbonyl (C=O) groups is 2. The summed E-state index contributed by atoms with van der Waals surface area (Å²) in [5.41, 5.74) is 3.93. The molecule has 1 aliphatic heterocycles. The van der Waals surface area contributed by atoms with Crippen molar-refractivity contribution in [2.75, 3.05) is 16.8 Å². The summed E-state index contributed by atoms with van der Waals surface area (Å²) in [5, 5.41) is 3.44. The Morgan fingerprint density at radius 1 is 1.15 bits per heavy atom. The summed E-state index contributed by atoms with van der Waals surface area (Å²) in [5.74, 6) is -0.502. The van der Waals surface area contributed by atoms with E-state index in [-0.39, 0.29) is 24.2 Å². The second kappa shape index (κ2) is 7.92. The summed E-state index contributed by atoms with van der Waals surface area (Å²) in [4.78, 5) is 27.1. The number of hydrogen-bond acceptors (Lipinski definition) is 2. The maximum Gasteiger partial charge on any atom is 0.229 e. The van der Waals surface area contributed by atoms with Gasteiger partial charge >= 0.3 is 0 Å². The Bertz CT molecular complexity index is 812. The minimum absolute atomic E-state index is 0.00634. The average Bonchev–Trinajstić information content (AvgIpc) is 3.02. The average molecular weight is 371 g/mol. The Morgan fingerprint density at radius 2 is 1.81 bits per heavy atom. The minimum Gasteiger partial charge on any atom is -0.326 e. The van der Waals surface area contributed by atoms with Gasteiger partial charge in [-0.1, -0.05) is 49.7 Å². The number of benzene rings is 2. The van der Waals surface area contributed by atoms with Crippen LogP contribution in [0.25, 0.3) is 0 Å². The molecule has 2 aromatic rings. The first-order valence-electron chi connectivity index (χ1n) is 9.01. The largest absolute Gasteiger partial charge is 0.326 e. The molecule has 2 aromatic carbocycles. The van der Waals surface area contributed by atoms with E-state index in [1.165, 1.54) is 0 Å². The van der Waals surface area contributed by atoms with Gasteiger partial charge in [0.05, 0.1) is 5.92 Å². The number of para-hydroxylation sites is 1. The Kier molecular flexibility index (Phi) is 5.62. The van der Waals surface area contributed by atoms with E-state index in [1.54, 1.807) is 29.2 Å². The zero-order valence-electron chi connectivity index (χ0n) is 15.1. The van der Waals surface area contributed by atoms with Gasteiger partial charge in [0.1, 0.15) is 0 Å². The molecule has 1 heterocycles. The molecule has 0 aliphatic carbocycles. The molecule has 0 unspecified atom stereocenters. The lowest BCUT2D eigenvalue weighted by molar-refractivity contribution is -0.122. The third-order valence-corrected chi connectivity index (χ3v) is 5.06. The van der Waals surface area contributed by atoms with E-state index in [0.717, 1.165) is 29.7 Å². The van der Waals surface area contributed by atoms with E-state index in [9.17, 15) is 9.59 Å². The normalized spacial score (nSPS) is 16.8. The van der Waals surface area contributed by atoms with E-state index >= 15 is 0 Å². The van der Waals surface area contributed by atoms with Crippen LogP contribution < -0.4 is 10.2 Å². The topological polar surface area (TPSA) is 49.4 Å². The number of carbonyl (C=O) groups excluding carboxylic acids is 2. The summed E-state index contributed by atoms with van der Waals surface area (Å²) in [6.07, 6.45) is 1.94. The summed E-state index contributed by atoms with van der Waals surface area (Å²) >= 11 is 5.97. The Hall–Kier alpha value is -2.33. The molecule has 1 fully saturated rings. The quantitative estimate of drug-likeness (QED) is 0.844. The molecule has 1 atom stereocenters. The molecule has 26 heavy (non-hydrogen) atoms. The first-order valence-corrected chi connectivity index (χ1v) is 9.38. The van der Waals surface area contributed by atoms with Crippen molar-refractivity contribution in [2.24, 2.45) is 5.92 Å². The van der Waals surface area contributed by atoms with Gasteiger partial charge in [0.25, 0.3) is 0 Å².